The molecule has 2 fully saturated rings. The molecule has 14 nitrogen and oxygen atoms in total. The van der Waals surface area contributed by atoms with Crippen molar-refractivity contribution in [3.63, 3.8) is 0 Å². The fourth-order valence-corrected chi connectivity index (χ4v) is 14.5. The summed E-state index contributed by atoms with van der Waals surface area (Å²) in [5.74, 6) is -0.194. The monoisotopic (exact) mass is 1350 g/mol. The number of ether oxygens (including phenoxy) is 4. The molecule has 12 atom stereocenters. The standard InChI is InChI=1S/C81H159NO13/c1-3-5-7-9-11-13-15-17-19-21-23-25-27-29-31-33-34-35-37-38-40-42-44-46-48-50-52-54-56-58-60-62-64-70(85)69(68-92-80-78(91)76(89)79(72(67-84)94-80)95-81-77(90)75(88)74(87)71(66-83)93-81)82-73(86)65-63-61-59-57-55-53-51-49-47-45-43-41-39-36-32-30-28-26-24-22-20-18-16-14-12-10-8-6-4-2/h69-72,74-81,83-85,87-91H,3-68H2,1-2H3,(H,82,86). The number of unbranched alkanes of at least 4 members (excludes halogenated alkanes) is 59. The smallest absolute Gasteiger partial charge is 0.220 e. The van der Waals surface area contributed by atoms with Crippen molar-refractivity contribution in [3.8, 4) is 0 Å². The molecule has 566 valence electrons. The van der Waals surface area contributed by atoms with Crippen LogP contribution in [0.4, 0.5) is 0 Å². The van der Waals surface area contributed by atoms with Crippen molar-refractivity contribution in [2.45, 2.75) is 492 Å². The van der Waals surface area contributed by atoms with E-state index in [0.29, 0.717) is 12.8 Å². The molecule has 12 unspecified atom stereocenters. The minimum atomic E-state index is -1.78. The number of aliphatic hydroxyl groups excluding tert-OH is 8. The maximum atomic E-state index is 13.4. The molecule has 0 radical (unpaired) electrons. The lowest BCUT2D eigenvalue weighted by molar-refractivity contribution is -0.359. The molecule has 2 aliphatic rings. The van der Waals surface area contributed by atoms with E-state index in [1.54, 1.807) is 0 Å². The molecule has 14 heteroatoms. The van der Waals surface area contributed by atoms with Gasteiger partial charge in [0.05, 0.1) is 32.0 Å². The van der Waals surface area contributed by atoms with E-state index < -0.39 is 86.8 Å². The predicted octanol–water partition coefficient (Wildman–Crippen LogP) is 19.1. The van der Waals surface area contributed by atoms with Crippen molar-refractivity contribution in [3.05, 3.63) is 0 Å². The van der Waals surface area contributed by atoms with Gasteiger partial charge in [0.25, 0.3) is 0 Å². The minimum Gasteiger partial charge on any atom is -0.394 e. The first-order valence-electron chi connectivity index (χ1n) is 41.8. The first kappa shape index (κ1) is 90.1. The second-order valence-electron chi connectivity index (χ2n) is 30.0. The van der Waals surface area contributed by atoms with Crippen LogP contribution in [0.5, 0.6) is 0 Å². The Kier molecular flexibility index (Phi) is 62.8. The number of carbonyl (C=O) groups is 1. The average molecular weight is 1360 g/mol. The van der Waals surface area contributed by atoms with Crippen molar-refractivity contribution in [2.24, 2.45) is 0 Å². The Morgan fingerprint density at radius 1 is 0.337 bits per heavy atom. The first-order chi connectivity index (χ1) is 46.6. The third-order valence-electron chi connectivity index (χ3n) is 21.1. The van der Waals surface area contributed by atoms with E-state index in [-0.39, 0.29) is 12.5 Å². The van der Waals surface area contributed by atoms with E-state index in [2.05, 4.69) is 19.2 Å². The molecule has 1 amide bonds. The van der Waals surface area contributed by atoms with E-state index in [4.69, 9.17) is 18.9 Å². The molecule has 2 rings (SSSR count). The van der Waals surface area contributed by atoms with Crippen molar-refractivity contribution < 1.29 is 64.6 Å². The zero-order valence-electron chi connectivity index (χ0n) is 62.2. The first-order valence-corrected chi connectivity index (χ1v) is 41.8. The van der Waals surface area contributed by atoms with Crippen LogP contribution in [0.1, 0.15) is 418 Å². The number of rotatable bonds is 72. The predicted molar refractivity (Wildman–Crippen MR) is 393 cm³/mol. The summed E-state index contributed by atoms with van der Waals surface area (Å²) in [5.41, 5.74) is 0. The van der Waals surface area contributed by atoms with Gasteiger partial charge >= 0.3 is 0 Å². The Morgan fingerprint density at radius 2 is 0.600 bits per heavy atom. The van der Waals surface area contributed by atoms with Crippen molar-refractivity contribution in [2.75, 3.05) is 19.8 Å². The lowest BCUT2D eigenvalue weighted by atomic mass is 9.97. The zero-order valence-corrected chi connectivity index (χ0v) is 62.2. The topological polar surface area (TPSA) is 228 Å². The number of hydrogen-bond donors (Lipinski definition) is 9. The fourth-order valence-electron chi connectivity index (χ4n) is 14.5. The molecule has 95 heavy (non-hydrogen) atoms. The van der Waals surface area contributed by atoms with Gasteiger partial charge in [-0.2, -0.15) is 0 Å². The van der Waals surface area contributed by atoms with Crippen LogP contribution in [0.25, 0.3) is 0 Å². The molecule has 2 aliphatic heterocycles. The van der Waals surface area contributed by atoms with Crippen LogP contribution in [-0.2, 0) is 23.7 Å². The van der Waals surface area contributed by atoms with Crippen molar-refractivity contribution in [1.82, 2.24) is 5.32 Å². The Morgan fingerprint density at radius 3 is 0.895 bits per heavy atom. The quantitative estimate of drug-likeness (QED) is 0.0259. The van der Waals surface area contributed by atoms with Crippen LogP contribution in [0.3, 0.4) is 0 Å². The van der Waals surface area contributed by atoms with Gasteiger partial charge in [-0.3, -0.25) is 4.79 Å². The number of nitrogens with one attached hydrogen (secondary N) is 1. The fraction of sp³-hybridized carbons (Fsp3) is 0.988. The molecule has 0 aromatic heterocycles. The van der Waals surface area contributed by atoms with Crippen LogP contribution < -0.4 is 5.32 Å². The van der Waals surface area contributed by atoms with Gasteiger partial charge in [-0.25, -0.2) is 0 Å². The van der Waals surface area contributed by atoms with Gasteiger partial charge in [-0.15, -0.1) is 0 Å². The maximum Gasteiger partial charge on any atom is 0.220 e. The average Bonchev–Trinajstić information content (AvgIpc) is 0.934. The molecule has 0 aliphatic carbocycles. The Balaban J connectivity index is 1.58. The third kappa shape index (κ3) is 49.3. The normalized spacial score (nSPS) is 22.2. The third-order valence-corrected chi connectivity index (χ3v) is 21.1. The summed E-state index contributed by atoms with van der Waals surface area (Å²) in [5, 5.41) is 87.9. The van der Waals surface area contributed by atoms with Crippen molar-refractivity contribution >= 4 is 5.91 Å². The van der Waals surface area contributed by atoms with Gasteiger partial charge in [-0.05, 0) is 12.8 Å². The van der Waals surface area contributed by atoms with E-state index >= 15 is 0 Å². The number of amides is 1. The van der Waals surface area contributed by atoms with E-state index in [9.17, 15) is 45.6 Å². The van der Waals surface area contributed by atoms with Crippen LogP contribution in [0, 0.1) is 0 Å². The lowest BCUT2D eigenvalue weighted by Crippen LogP contribution is -2.65. The number of hydrogen-bond acceptors (Lipinski definition) is 13. The highest BCUT2D eigenvalue weighted by atomic mass is 16.7. The summed E-state index contributed by atoms with van der Waals surface area (Å²) in [7, 11) is 0. The maximum absolute atomic E-state index is 13.4. The summed E-state index contributed by atoms with van der Waals surface area (Å²) < 4.78 is 23.0. The van der Waals surface area contributed by atoms with Gasteiger partial charge in [-0.1, -0.05) is 399 Å². The van der Waals surface area contributed by atoms with E-state index in [0.717, 1.165) is 51.4 Å². The summed E-state index contributed by atoms with van der Waals surface area (Å²) in [4.78, 5) is 13.4. The Labute approximate surface area is 584 Å². The molecule has 0 saturated carbocycles. The molecule has 0 spiro atoms. The molecule has 0 aromatic carbocycles. The van der Waals surface area contributed by atoms with E-state index in [1.807, 2.05) is 0 Å². The van der Waals surface area contributed by atoms with Crippen LogP contribution >= 0.6 is 0 Å². The molecule has 0 bridgehead atoms. The number of carbonyl (C=O) groups excluding carboxylic acids is 1. The highest BCUT2D eigenvalue weighted by molar-refractivity contribution is 5.76. The zero-order chi connectivity index (χ0) is 68.7. The summed E-state index contributed by atoms with van der Waals surface area (Å²) in [6.45, 7) is 2.95. The van der Waals surface area contributed by atoms with Gasteiger partial charge in [0, 0.05) is 6.42 Å². The largest absolute Gasteiger partial charge is 0.394 e. The highest BCUT2D eigenvalue weighted by Crippen LogP contribution is 2.31. The van der Waals surface area contributed by atoms with Gasteiger partial charge in [0.1, 0.15) is 48.8 Å². The SMILES string of the molecule is CCCCCCCCCCCCCCCCCCCCCCCCCCCCCCCCCCC(O)C(COC1OC(CO)C(OC2OC(CO)C(O)C(O)C2O)C(O)C1O)NC(=O)CCCCCCCCCCCCCCCCCCCCCCCCCCCCCCC. The molecular formula is C81H159NO13. The molecule has 9 N–H and O–H groups in total. The van der Waals surface area contributed by atoms with E-state index in [1.165, 1.54) is 340 Å². The number of aliphatic hydroxyl groups is 8. The summed E-state index contributed by atoms with van der Waals surface area (Å²) in [6, 6.07) is -0.826. The van der Waals surface area contributed by atoms with Gasteiger partial charge in [0.15, 0.2) is 12.6 Å². The molecule has 2 saturated heterocycles. The van der Waals surface area contributed by atoms with Crippen LogP contribution in [0.2, 0.25) is 0 Å². The molecule has 2 heterocycles. The van der Waals surface area contributed by atoms with Crippen molar-refractivity contribution in [1.29, 1.82) is 0 Å². The summed E-state index contributed by atoms with van der Waals surface area (Å²) >= 11 is 0. The molecule has 0 aromatic rings. The van der Waals surface area contributed by atoms with Crippen LogP contribution in [-0.4, -0.2) is 140 Å². The summed E-state index contributed by atoms with van der Waals surface area (Å²) in [6.07, 6.45) is 65.9. The minimum absolute atomic E-state index is 0.194. The molecular weight excluding hydrogens is 1190 g/mol. The lowest BCUT2D eigenvalue weighted by Gasteiger charge is -2.46. The van der Waals surface area contributed by atoms with Gasteiger partial charge < -0.3 is 65.1 Å². The van der Waals surface area contributed by atoms with Crippen LogP contribution in [0.15, 0.2) is 0 Å². The second kappa shape index (κ2) is 66.2. The van der Waals surface area contributed by atoms with Gasteiger partial charge in [0.2, 0.25) is 5.91 Å². The Bertz CT molecular complexity index is 1600. The highest BCUT2D eigenvalue weighted by Gasteiger charge is 2.51. The Hall–Kier alpha value is -1.01. The second-order valence-corrected chi connectivity index (χ2v) is 30.0.